The molecule has 20 heavy (non-hydrogen) atoms. The Morgan fingerprint density at radius 2 is 2.05 bits per heavy atom. The Balaban J connectivity index is 2.68. The van der Waals surface area contributed by atoms with E-state index < -0.39 is 18.1 Å². The standard InChI is InChI=1S/C14H26N2O4/c1-3-9-20-11-13(18)10-16(7-5-4-6-8-16)15-14(19)12(2)17/h3,12-13,17-18H,1,4-11H2,2H3. The lowest BCUT2D eigenvalue weighted by Crippen LogP contribution is -2.54. The number of quaternary nitrogens is 1. The van der Waals surface area contributed by atoms with E-state index in [1.165, 1.54) is 6.92 Å². The highest BCUT2D eigenvalue weighted by Gasteiger charge is 2.33. The monoisotopic (exact) mass is 286 g/mol. The number of hydrogen-bond acceptors (Lipinski definition) is 5. The van der Waals surface area contributed by atoms with Crippen LogP contribution in [0.15, 0.2) is 17.8 Å². The number of likely N-dealkylation sites (tertiary alicyclic amines) is 1. The molecule has 2 N–H and O–H groups in total. The summed E-state index contributed by atoms with van der Waals surface area (Å²) in [4.78, 5) is 0. The molecule has 0 radical (unpaired) electrons. The van der Waals surface area contributed by atoms with Gasteiger partial charge in [0.1, 0.15) is 25.7 Å². The molecular weight excluding hydrogens is 260 g/mol. The Morgan fingerprint density at radius 3 is 2.60 bits per heavy atom. The average molecular weight is 286 g/mol. The Kier molecular flexibility index (Phi) is 7.15. The maximum Gasteiger partial charge on any atom is 0.131 e. The van der Waals surface area contributed by atoms with Crippen molar-refractivity contribution in [1.29, 1.82) is 0 Å². The average Bonchev–Trinajstić information content (AvgIpc) is 2.39. The van der Waals surface area contributed by atoms with Crippen LogP contribution in [-0.2, 0) is 4.74 Å². The van der Waals surface area contributed by atoms with E-state index in [-0.39, 0.29) is 11.2 Å². The molecule has 0 saturated carbocycles. The number of aliphatic hydroxyl groups is 2. The van der Waals surface area contributed by atoms with Gasteiger partial charge in [-0.05, 0) is 26.2 Å². The van der Waals surface area contributed by atoms with Gasteiger partial charge in [-0.25, -0.2) is 0 Å². The molecule has 0 aromatic carbocycles. The third-order valence-corrected chi connectivity index (χ3v) is 3.41. The fraction of sp³-hybridized carbons (Fsp3) is 0.786. The number of aliphatic hydroxyl groups excluding tert-OH is 2. The van der Waals surface area contributed by atoms with Crippen LogP contribution in [0.3, 0.4) is 0 Å². The Labute approximate surface area is 120 Å². The normalized spacial score (nSPS) is 22.2. The molecule has 6 nitrogen and oxygen atoms in total. The summed E-state index contributed by atoms with van der Waals surface area (Å²) in [5, 5.41) is 35.2. The van der Waals surface area contributed by atoms with Crippen LogP contribution < -0.4 is 5.11 Å². The zero-order valence-corrected chi connectivity index (χ0v) is 12.2. The van der Waals surface area contributed by atoms with E-state index in [1.54, 1.807) is 6.08 Å². The van der Waals surface area contributed by atoms with Gasteiger partial charge >= 0.3 is 0 Å². The van der Waals surface area contributed by atoms with Crippen LogP contribution in [-0.4, -0.2) is 65.8 Å². The second kappa shape index (κ2) is 8.36. The number of ether oxygens (including phenoxy) is 1. The van der Waals surface area contributed by atoms with Gasteiger partial charge in [0.25, 0.3) is 0 Å². The zero-order valence-electron chi connectivity index (χ0n) is 12.2. The van der Waals surface area contributed by atoms with Crippen molar-refractivity contribution in [3.8, 4) is 0 Å². The molecule has 0 aromatic heterocycles. The molecule has 0 spiro atoms. The van der Waals surface area contributed by atoms with Crippen LogP contribution >= 0.6 is 0 Å². The maximum absolute atomic E-state index is 11.7. The van der Waals surface area contributed by atoms with Crippen LogP contribution in [0.1, 0.15) is 26.2 Å². The van der Waals surface area contributed by atoms with Crippen LogP contribution in [0, 0.1) is 0 Å². The molecule has 1 aliphatic heterocycles. The topological polar surface area (TPSA) is 85.1 Å². The van der Waals surface area contributed by atoms with Gasteiger partial charge in [0.15, 0.2) is 0 Å². The first kappa shape index (κ1) is 17.1. The highest BCUT2D eigenvalue weighted by molar-refractivity contribution is 5.74. The molecule has 2 unspecified atom stereocenters. The predicted octanol–water partition coefficient (Wildman–Crippen LogP) is -0.395. The second-order valence-electron chi connectivity index (χ2n) is 5.38. The molecule has 1 heterocycles. The number of piperidine rings is 1. The minimum Gasteiger partial charge on any atom is -0.856 e. The zero-order chi connectivity index (χ0) is 15.0. The number of hydrogen-bond donors (Lipinski definition) is 2. The summed E-state index contributed by atoms with van der Waals surface area (Å²) in [5.74, 6) is -0.522. The molecule has 1 saturated heterocycles. The van der Waals surface area contributed by atoms with Crippen LogP contribution in [0.25, 0.3) is 0 Å². The van der Waals surface area contributed by atoms with Crippen molar-refractivity contribution in [3.05, 3.63) is 12.7 Å². The van der Waals surface area contributed by atoms with E-state index in [4.69, 9.17) is 4.74 Å². The van der Waals surface area contributed by atoms with Crippen molar-refractivity contribution >= 4 is 5.90 Å². The Hall–Kier alpha value is -0.950. The van der Waals surface area contributed by atoms with Crippen molar-refractivity contribution in [3.63, 3.8) is 0 Å². The fourth-order valence-electron chi connectivity index (χ4n) is 2.45. The summed E-state index contributed by atoms with van der Waals surface area (Å²) in [6, 6.07) is 0. The van der Waals surface area contributed by atoms with Crippen molar-refractivity contribution < 1.29 is 24.6 Å². The van der Waals surface area contributed by atoms with Crippen LogP contribution in [0.4, 0.5) is 0 Å². The molecule has 0 bridgehead atoms. The quantitative estimate of drug-likeness (QED) is 0.209. The van der Waals surface area contributed by atoms with E-state index in [2.05, 4.69) is 11.7 Å². The highest BCUT2D eigenvalue weighted by atomic mass is 16.5. The number of rotatable bonds is 8. The summed E-state index contributed by atoms with van der Waals surface area (Å²) < 4.78 is 5.43. The Bertz CT molecular complexity index is 325. The van der Waals surface area contributed by atoms with Gasteiger partial charge in [0, 0.05) is 5.90 Å². The SMILES string of the molecule is C=CCOCC(O)C[N+]1(/N=C(\[O-])C(C)O)CCCCC1. The van der Waals surface area contributed by atoms with Crippen LogP contribution in [0.2, 0.25) is 0 Å². The van der Waals surface area contributed by atoms with Crippen molar-refractivity contribution in [1.82, 2.24) is 0 Å². The summed E-state index contributed by atoms with van der Waals surface area (Å²) in [5.41, 5.74) is 0. The number of nitrogens with zero attached hydrogens (tertiary/aromatic N) is 2. The summed E-state index contributed by atoms with van der Waals surface area (Å²) in [6.45, 7) is 7.33. The van der Waals surface area contributed by atoms with Gasteiger partial charge in [0.2, 0.25) is 0 Å². The lowest BCUT2D eigenvalue weighted by molar-refractivity contribution is -0.942. The first-order valence-electron chi connectivity index (χ1n) is 7.17. The summed E-state index contributed by atoms with van der Waals surface area (Å²) in [7, 11) is 0. The third-order valence-electron chi connectivity index (χ3n) is 3.41. The smallest absolute Gasteiger partial charge is 0.131 e. The van der Waals surface area contributed by atoms with Gasteiger partial charge in [-0.1, -0.05) is 6.08 Å². The first-order chi connectivity index (χ1) is 9.49. The van der Waals surface area contributed by atoms with Gasteiger partial charge in [0.05, 0.1) is 19.3 Å². The Morgan fingerprint density at radius 1 is 1.40 bits per heavy atom. The van der Waals surface area contributed by atoms with E-state index in [0.717, 1.165) is 32.4 Å². The molecule has 1 aliphatic rings. The minimum absolute atomic E-state index is 0.197. The van der Waals surface area contributed by atoms with Crippen molar-refractivity contribution in [2.24, 2.45) is 5.10 Å². The van der Waals surface area contributed by atoms with E-state index >= 15 is 0 Å². The fourth-order valence-corrected chi connectivity index (χ4v) is 2.45. The van der Waals surface area contributed by atoms with Gasteiger partial charge in [-0.2, -0.15) is 4.59 Å². The molecule has 116 valence electrons. The van der Waals surface area contributed by atoms with E-state index in [1.807, 2.05) is 0 Å². The van der Waals surface area contributed by atoms with Gasteiger partial charge in [-0.15, -0.1) is 11.7 Å². The second-order valence-corrected chi connectivity index (χ2v) is 5.38. The lowest BCUT2D eigenvalue weighted by atomic mass is 10.1. The third kappa shape index (κ3) is 5.58. The summed E-state index contributed by atoms with van der Waals surface area (Å²) in [6.07, 6.45) is 2.90. The molecule has 0 amide bonds. The highest BCUT2D eigenvalue weighted by Crippen LogP contribution is 2.21. The predicted molar refractivity (Wildman–Crippen MR) is 74.9 cm³/mol. The van der Waals surface area contributed by atoms with Gasteiger partial charge in [-0.3, -0.25) is 0 Å². The van der Waals surface area contributed by atoms with Crippen molar-refractivity contribution in [2.45, 2.75) is 38.4 Å². The summed E-state index contributed by atoms with van der Waals surface area (Å²) >= 11 is 0. The van der Waals surface area contributed by atoms with Crippen molar-refractivity contribution in [2.75, 3.05) is 32.8 Å². The van der Waals surface area contributed by atoms with E-state index in [0.29, 0.717) is 13.2 Å². The van der Waals surface area contributed by atoms with Crippen LogP contribution in [0.5, 0.6) is 0 Å². The molecule has 1 fully saturated rings. The molecule has 1 rings (SSSR count). The molecule has 2 atom stereocenters. The van der Waals surface area contributed by atoms with E-state index in [9.17, 15) is 15.3 Å². The largest absolute Gasteiger partial charge is 0.856 e. The molecule has 0 aliphatic carbocycles. The maximum atomic E-state index is 11.7. The lowest BCUT2D eigenvalue weighted by Gasteiger charge is -2.38. The molecule has 0 aromatic rings. The van der Waals surface area contributed by atoms with Gasteiger partial charge < -0.3 is 20.1 Å². The first-order valence-corrected chi connectivity index (χ1v) is 7.17. The molecule has 6 heteroatoms. The molecular formula is C14H26N2O4. The minimum atomic E-state index is -1.10.